The van der Waals surface area contributed by atoms with Gasteiger partial charge in [-0.25, -0.2) is 10.7 Å². The molecule has 0 amide bonds. The molecule has 1 heterocycles. The summed E-state index contributed by atoms with van der Waals surface area (Å²) < 4.78 is 0. The predicted octanol–water partition coefficient (Wildman–Crippen LogP) is 3.65. The molecule has 0 saturated carbocycles. The van der Waals surface area contributed by atoms with Crippen LogP contribution in [-0.4, -0.2) is 26.2 Å². The van der Waals surface area contributed by atoms with Crippen molar-refractivity contribution < 1.29 is 20.0 Å². The summed E-state index contributed by atoms with van der Waals surface area (Å²) in [4.78, 5) is 25.2. The number of rotatable bonds is 4. The van der Waals surface area contributed by atoms with Crippen molar-refractivity contribution in [3.05, 3.63) is 63.3 Å². The molecule has 26 heavy (non-hydrogen) atoms. The number of fused-ring (bicyclic) bond motifs is 1. The zero-order chi connectivity index (χ0) is 19.4. The number of aromatic carboxylic acids is 1. The summed E-state index contributed by atoms with van der Waals surface area (Å²) in [5.74, 6) is 2.53. The lowest BCUT2D eigenvalue weighted by Gasteiger charge is -2.07. The van der Waals surface area contributed by atoms with E-state index in [2.05, 4.69) is 10.9 Å². The largest absolute Gasteiger partial charge is 0.478 e. The summed E-state index contributed by atoms with van der Waals surface area (Å²) >= 11 is 0. The van der Waals surface area contributed by atoms with E-state index in [1.165, 1.54) is 12.1 Å². The van der Waals surface area contributed by atoms with E-state index in [4.69, 9.17) is 5.21 Å². The number of nitrogens with zero attached hydrogens (tertiary/aromatic N) is 1. The van der Waals surface area contributed by atoms with Crippen LogP contribution in [0.5, 0.6) is 0 Å². The molecule has 8 heteroatoms. The van der Waals surface area contributed by atoms with Gasteiger partial charge in [-0.3, -0.25) is 10.1 Å². The van der Waals surface area contributed by atoms with Crippen LogP contribution >= 0.6 is 0 Å². The average Bonchev–Trinajstić information content (AvgIpc) is 3.03. The van der Waals surface area contributed by atoms with E-state index in [9.17, 15) is 20.0 Å². The third-order valence-electron chi connectivity index (χ3n) is 4.25. The van der Waals surface area contributed by atoms with E-state index in [1.807, 2.05) is 6.92 Å². The van der Waals surface area contributed by atoms with Gasteiger partial charge in [0, 0.05) is 34.3 Å². The Balaban J connectivity index is 0.00000117. The SMILES string of the molecule is CCc1[nH]c2ccc(C(=O)O)c(C)c2c1-c1ccc([N+](=O)[O-])cc1.NO. The first-order valence-corrected chi connectivity index (χ1v) is 7.82. The summed E-state index contributed by atoms with van der Waals surface area (Å²) in [6, 6.07) is 9.68. The first kappa shape index (κ1) is 19.1. The molecule has 3 rings (SSSR count). The summed E-state index contributed by atoms with van der Waals surface area (Å²) in [5, 5.41) is 27.6. The molecular formula is C18H19N3O5. The van der Waals surface area contributed by atoms with Crippen molar-refractivity contribution in [2.24, 2.45) is 5.90 Å². The maximum atomic E-state index is 11.4. The molecule has 0 fully saturated rings. The second-order valence-electron chi connectivity index (χ2n) is 5.60. The number of H-pyrrole nitrogens is 1. The van der Waals surface area contributed by atoms with Crippen LogP contribution in [0.4, 0.5) is 5.69 Å². The molecule has 1 aromatic heterocycles. The summed E-state index contributed by atoms with van der Waals surface area (Å²) in [7, 11) is 0. The number of nitrogens with one attached hydrogen (secondary N) is 1. The number of nitro benzene ring substituents is 1. The molecule has 0 bridgehead atoms. The van der Waals surface area contributed by atoms with E-state index >= 15 is 0 Å². The molecule has 0 unspecified atom stereocenters. The minimum Gasteiger partial charge on any atom is -0.478 e. The van der Waals surface area contributed by atoms with Crippen LogP contribution in [0.3, 0.4) is 0 Å². The smallest absolute Gasteiger partial charge is 0.335 e. The quantitative estimate of drug-likeness (QED) is 0.414. The Kier molecular flexibility index (Phi) is 5.71. The molecule has 8 nitrogen and oxygen atoms in total. The van der Waals surface area contributed by atoms with Crippen LogP contribution in [0.1, 0.15) is 28.5 Å². The van der Waals surface area contributed by atoms with Crippen molar-refractivity contribution in [1.29, 1.82) is 0 Å². The minimum atomic E-state index is -0.969. The molecule has 0 atom stereocenters. The molecule has 0 aliphatic carbocycles. The van der Waals surface area contributed by atoms with Crippen LogP contribution in [0.2, 0.25) is 0 Å². The zero-order valence-corrected chi connectivity index (χ0v) is 14.3. The van der Waals surface area contributed by atoms with E-state index in [0.29, 0.717) is 5.56 Å². The van der Waals surface area contributed by atoms with Crippen molar-refractivity contribution in [2.45, 2.75) is 20.3 Å². The second-order valence-corrected chi connectivity index (χ2v) is 5.60. The van der Waals surface area contributed by atoms with Crippen molar-refractivity contribution in [1.82, 2.24) is 4.98 Å². The number of non-ortho nitro benzene ring substituents is 1. The third-order valence-corrected chi connectivity index (χ3v) is 4.25. The van der Waals surface area contributed by atoms with Crippen molar-refractivity contribution in [3.8, 4) is 11.1 Å². The predicted molar refractivity (Wildman–Crippen MR) is 97.4 cm³/mol. The number of carbonyl (C=O) groups is 1. The van der Waals surface area contributed by atoms with Crippen molar-refractivity contribution in [2.75, 3.05) is 0 Å². The van der Waals surface area contributed by atoms with Crippen LogP contribution in [0.25, 0.3) is 22.0 Å². The van der Waals surface area contributed by atoms with Gasteiger partial charge in [0.2, 0.25) is 0 Å². The van der Waals surface area contributed by atoms with Gasteiger partial charge in [-0.1, -0.05) is 6.92 Å². The molecule has 5 N–H and O–H groups in total. The summed E-state index contributed by atoms with van der Waals surface area (Å²) in [5.41, 5.74) is 4.54. The Bertz CT molecular complexity index is 961. The molecule has 3 aromatic rings. The Morgan fingerprint density at radius 3 is 2.31 bits per heavy atom. The lowest BCUT2D eigenvalue weighted by Crippen LogP contribution is -1.99. The third kappa shape index (κ3) is 3.28. The number of nitro groups is 1. The second kappa shape index (κ2) is 7.77. The number of nitrogens with two attached hydrogens (primary N) is 1. The number of hydrogen-bond acceptors (Lipinski definition) is 5. The highest BCUT2D eigenvalue weighted by molar-refractivity contribution is 6.04. The zero-order valence-electron chi connectivity index (χ0n) is 14.3. The van der Waals surface area contributed by atoms with Crippen LogP contribution < -0.4 is 5.90 Å². The van der Waals surface area contributed by atoms with Gasteiger partial charge in [0.15, 0.2) is 0 Å². The molecule has 0 spiro atoms. The Hall–Kier alpha value is -3.23. The highest BCUT2D eigenvalue weighted by Crippen LogP contribution is 2.36. The first-order chi connectivity index (χ1) is 12.4. The van der Waals surface area contributed by atoms with Crippen LogP contribution in [0, 0.1) is 17.0 Å². The number of carboxylic acids is 1. The molecule has 0 radical (unpaired) electrons. The lowest BCUT2D eigenvalue weighted by atomic mass is 9.95. The number of aryl methyl sites for hydroxylation is 2. The number of hydrogen-bond donors (Lipinski definition) is 4. The number of carboxylic acid groups (broad SMARTS) is 1. The Labute approximate surface area is 149 Å². The number of aromatic nitrogens is 1. The van der Waals surface area contributed by atoms with E-state index in [-0.39, 0.29) is 11.3 Å². The van der Waals surface area contributed by atoms with Gasteiger partial charge >= 0.3 is 5.97 Å². The van der Waals surface area contributed by atoms with Gasteiger partial charge in [-0.2, -0.15) is 0 Å². The van der Waals surface area contributed by atoms with Gasteiger partial charge in [0.25, 0.3) is 5.69 Å². The topological polar surface area (TPSA) is 142 Å². The van der Waals surface area contributed by atoms with Crippen molar-refractivity contribution in [3.63, 3.8) is 0 Å². The van der Waals surface area contributed by atoms with Crippen LogP contribution in [-0.2, 0) is 6.42 Å². The fourth-order valence-corrected chi connectivity index (χ4v) is 3.08. The van der Waals surface area contributed by atoms with Gasteiger partial charge in [0.1, 0.15) is 0 Å². The molecule has 0 aliphatic heterocycles. The Morgan fingerprint density at radius 1 is 1.19 bits per heavy atom. The fourth-order valence-electron chi connectivity index (χ4n) is 3.08. The van der Waals surface area contributed by atoms with E-state index in [1.54, 1.807) is 31.2 Å². The standard InChI is InChI=1S/C18H16N2O4.H3NO/c1-3-14-17(11-4-6-12(7-5-11)20(23)24)16-10(2)13(18(21)22)8-9-15(16)19-14;1-2/h4-9,19H,3H2,1-2H3,(H,21,22);2H,1H2. The number of benzene rings is 2. The monoisotopic (exact) mass is 357 g/mol. The molecule has 0 aliphatic rings. The van der Waals surface area contributed by atoms with Gasteiger partial charge in [0.05, 0.1) is 10.5 Å². The average molecular weight is 357 g/mol. The molecule has 2 aromatic carbocycles. The van der Waals surface area contributed by atoms with Crippen molar-refractivity contribution >= 4 is 22.6 Å². The first-order valence-electron chi connectivity index (χ1n) is 7.82. The highest BCUT2D eigenvalue weighted by atomic mass is 16.6. The number of aromatic amines is 1. The van der Waals surface area contributed by atoms with E-state index < -0.39 is 10.9 Å². The normalized spacial score (nSPS) is 10.3. The summed E-state index contributed by atoms with van der Waals surface area (Å²) in [6.45, 7) is 3.79. The molecule has 0 saturated heterocycles. The maximum Gasteiger partial charge on any atom is 0.335 e. The van der Waals surface area contributed by atoms with E-state index in [0.717, 1.165) is 34.1 Å². The van der Waals surface area contributed by atoms with Gasteiger partial charge in [-0.05, 0) is 48.7 Å². The molecular weight excluding hydrogens is 338 g/mol. The van der Waals surface area contributed by atoms with Gasteiger partial charge in [-0.15, -0.1) is 0 Å². The Morgan fingerprint density at radius 2 is 1.81 bits per heavy atom. The lowest BCUT2D eigenvalue weighted by molar-refractivity contribution is -0.384. The maximum absolute atomic E-state index is 11.4. The fraction of sp³-hybridized carbons (Fsp3) is 0.167. The highest BCUT2D eigenvalue weighted by Gasteiger charge is 2.19. The summed E-state index contributed by atoms with van der Waals surface area (Å²) in [6.07, 6.45) is 0.739. The minimum absolute atomic E-state index is 0.0274. The van der Waals surface area contributed by atoms with Crippen LogP contribution in [0.15, 0.2) is 36.4 Å². The molecule has 136 valence electrons. The van der Waals surface area contributed by atoms with Gasteiger partial charge < -0.3 is 15.3 Å².